The number of aromatic nitrogens is 1. The molecule has 104 valence electrons. The molecule has 0 N–H and O–H groups in total. The Labute approximate surface area is 112 Å². The summed E-state index contributed by atoms with van der Waals surface area (Å²) in [5.74, 6) is -0.619. The van der Waals surface area contributed by atoms with Gasteiger partial charge in [0.25, 0.3) is 0 Å². The van der Waals surface area contributed by atoms with Crippen LogP contribution in [0.1, 0.15) is 32.6 Å². The van der Waals surface area contributed by atoms with Crippen molar-refractivity contribution in [2.75, 3.05) is 6.54 Å². The van der Waals surface area contributed by atoms with E-state index in [1.807, 2.05) is 6.92 Å². The maximum atomic E-state index is 13.2. The predicted octanol–water partition coefficient (Wildman–Crippen LogP) is 2.17. The minimum absolute atomic E-state index is 0.0198. The molecule has 2 aliphatic rings. The van der Waals surface area contributed by atoms with Crippen molar-refractivity contribution in [1.29, 1.82) is 0 Å². The number of hydrogen-bond donors (Lipinski definition) is 0. The Hall–Kier alpha value is -1.01. The first kappa shape index (κ1) is 13.0. The fraction of sp³-hybridized carbons (Fsp3) is 0.615. The summed E-state index contributed by atoms with van der Waals surface area (Å²) in [7, 11) is -3.63. The summed E-state index contributed by atoms with van der Waals surface area (Å²) in [6, 6.07) is 1.02. The van der Waals surface area contributed by atoms with E-state index in [2.05, 4.69) is 4.98 Å². The van der Waals surface area contributed by atoms with Crippen LogP contribution in [0.3, 0.4) is 0 Å². The van der Waals surface area contributed by atoms with Gasteiger partial charge in [-0.3, -0.25) is 4.98 Å². The van der Waals surface area contributed by atoms with Gasteiger partial charge in [0.15, 0.2) is 0 Å². The number of rotatable bonds is 2. The monoisotopic (exact) mass is 284 g/mol. The Kier molecular flexibility index (Phi) is 2.90. The topological polar surface area (TPSA) is 50.3 Å². The molecule has 19 heavy (non-hydrogen) atoms. The second kappa shape index (κ2) is 4.24. The summed E-state index contributed by atoms with van der Waals surface area (Å²) in [6.07, 6.45) is 6.53. The van der Waals surface area contributed by atoms with Crippen LogP contribution in [-0.4, -0.2) is 30.3 Å². The molecule has 4 nitrogen and oxygen atoms in total. The van der Waals surface area contributed by atoms with Gasteiger partial charge in [0, 0.05) is 18.8 Å². The van der Waals surface area contributed by atoms with Gasteiger partial charge in [-0.2, -0.15) is 4.31 Å². The Morgan fingerprint density at radius 2 is 2.16 bits per heavy atom. The van der Waals surface area contributed by atoms with Crippen LogP contribution in [0.4, 0.5) is 4.39 Å². The molecule has 0 amide bonds. The van der Waals surface area contributed by atoms with E-state index in [-0.39, 0.29) is 16.4 Å². The van der Waals surface area contributed by atoms with Gasteiger partial charge in [0.2, 0.25) is 10.0 Å². The van der Waals surface area contributed by atoms with Gasteiger partial charge in [0.05, 0.1) is 6.20 Å². The summed E-state index contributed by atoms with van der Waals surface area (Å²) < 4.78 is 39.8. The fourth-order valence-corrected chi connectivity index (χ4v) is 5.03. The lowest BCUT2D eigenvalue weighted by molar-refractivity contribution is 0.152. The third-order valence-electron chi connectivity index (χ3n) is 4.41. The van der Waals surface area contributed by atoms with E-state index in [4.69, 9.17) is 0 Å². The number of halogens is 1. The number of nitrogens with zero attached hydrogens (tertiary/aromatic N) is 2. The Morgan fingerprint density at radius 3 is 2.68 bits per heavy atom. The zero-order valence-electron chi connectivity index (χ0n) is 10.8. The molecule has 0 radical (unpaired) electrons. The first-order chi connectivity index (χ1) is 8.93. The van der Waals surface area contributed by atoms with Crippen LogP contribution < -0.4 is 0 Å². The van der Waals surface area contributed by atoms with Crippen LogP contribution in [0, 0.1) is 11.2 Å². The molecule has 1 saturated carbocycles. The predicted molar refractivity (Wildman–Crippen MR) is 68.4 cm³/mol. The lowest BCUT2D eigenvalue weighted by Crippen LogP contribution is -2.37. The van der Waals surface area contributed by atoms with Crippen molar-refractivity contribution in [1.82, 2.24) is 9.29 Å². The quantitative estimate of drug-likeness (QED) is 0.836. The SMILES string of the molecule is CC1CC2(CCC2)CN1S(=O)(=O)c1cncc(F)c1. The number of sulfonamides is 1. The molecule has 1 unspecified atom stereocenters. The highest BCUT2D eigenvalue weighted by molar-refractivity contribution is 7.89. The lowest BCUT2D eigenvalue weighted by Gasteiger charge is -2.38. The van der Waals surface area contributed by atoms with Crippen molar-refractivity contribution in [3.05, 3.63) is 24.3 Å². The fourth-order valence-electron chi connectivity index (χ4n) is 3.31. The van der Waals surface area contributed by atoms with Gasteiger partial charge in [-0.25, -0.2) is 12.8 Å². The second-order valence-corrected chi connectivity index (χ2v) is 7.69. The first-order valence-electron chi connectivity index (χ1n) is 6.55. The molecule has 1 saturated heterocycles. The van der Waals surface area contributed by atoms with Crippen LogP contribution in [0.2, 0.25) is 0 Å². The van der Waals surface area contributed by atoms with Gasteiger partial charge in [-0.1, -0.05) is 6.42 Å². The summed E-state index contributed by atoms with van der Waals surface area (Å²) in [5, 5.41) is 0. The van der Waals surface area contributed by atoms with Gasteiger partial charge < -0.3 is 0 Å². The average Bonchev–Trinajstić information content (AvgIpc) is 2.68. The molecule has 0 aromatic carbocycles. The molecule has 2 heterocycles. The Balaban J connectivity index is 1.92. The standard InChI is InChI=1S/C13H17FN2O2S/c1-10-6-13(3-2-4-13)9-16(10)19(17,18)12-5-11(14)7-15-8-12/h5,7-8,10H,2-4,6,9H2,1H3. The molecule has 1 aromatic rings. The van der Waals surface area contributed by atoms with E-state index in [0.717, 1.165) is 31.5 Å². The number of hydrogen-bond acceptors (Lipinski definition) is 3. The van der Waals surface area contributed by atoms with Crippen LogP contribution in [0.5, 0.6) is 0 Å². The van der Waals surface area contributed by atoms with Crippen LogP contribution >= 0.6 is 0 Å². The van der Waals surface area contributed by atoms with E-state index in [1.165, 1.54) is 16.9 Å². The molecule has 1 aromatic heterocycles. The minimum atomic E-state index is -3.63. The normalized spacial score (nSPS) is 26.5. The molecule has 1 aliphatic heterocycles. The zero-order valence-corrected chi connectivity index (χ0v) is 11.7. The highest BCUT2D eigenvalue weighted by atomic mass is 32.2. The maximum Gasteiger partial charge on any atom is 0.244 e. The molecule has 0 bridgehead atoms. The Bertz CT molecular complexity index is 598. The van der Waals surface area contributed by atoms with Crippen LogP contribution in [0.15, 0.2) is 23.4 Å². The maximum absolute atomic E-state index is 13.2. The second-order valence-electron chi connectivity index (χ2n) is 5.80. The van der Waals surface area contributed by atoms with Gasteiger partial charge in [-0.15, -0.1) is 0 Å². The van der Waals surface area contributed by atoms with E-state index in [0.29, 0.717) is 6.54 Å². The van der Waals surface area contributed by atoms with Crippen LogP contribution in [0.25, 0.3) is 0 Å². The third-order valence-corrected chi connectivity index (χ3v) is 6.34. The van der Waals surface area contributed by atoms with E-state index >= 15 is 0 Å². The van der Waals surface area contributed by atoms with Crippen molar-refractivity contribution < 1.29 is 12.8 Å². The summed E-state index contributed by atoms with van der Waals surface area (Å²) in [4.78, 5) is 3.59. The van der Waals surface area contributed by atoms with Gasteiger partial charge >= 0.3 is 0 Å². The van der Waals surface area contributed by atoms with Gasteiger partial charge in [0.1, 0.15) is 10.7 Å². The molecule has 1 atom stereocenters. The highest BCUT2D eigenvalue weighted by Gasteiger charge is 2.49. The van der Waals surface area contributed by atoms with E-state index in [1.54, 1.807) is 0 Å². The largest absolute Gasteiger partial charge is 0.260 e. The molecule has 3 rings (SSSR count). The van der Waals surface area contributed by atoms with Gasteiger partial charge in [-0.05, 0) is 37.7 Å². The lowest BCUT2D eigenvalue weighted by atomic mass is 9.68. The Morgan fingerprint density at radius 1 is 1.42 bits per heavy atom. The minimum Gasteiger partial charge on any atom is -0.260 e. The smallest absolute Gasteiger partial charge is 0.244 e. The van der Waals surface area contributed by atoms with E-state index in [9.17, 15) is 12.8 Å². The first-order valence-corrected chi connectivity index (χ1v) is 7.99. The number of pyridine rings is 1. The van der Waals surface area contributed by atoms with E-state index < -0.39 is 15.8 Å². The van der Waals surface area contributed by atoms with Crippen LogP contribution in [-0.2, 0) is 10.0 Å². The average molecular weight is 284 g/mol. The zero-order chi connectivity index (χ0) is 13.7. The van der Waals surface area contributed by atoms with Crippen molar-refractivity contribution in [3.63, 3.8) is 0 Å². The molecular weight excluding hydrogens is 267 g/mol. The molecule has 2 fully saturated rings. The molecule has 1 spiro atoms. The summed E-state index contributed by atoms with van der Waals surface area (Å²) in [5.41, 5.74) is 0.174. The summed E-state index contributed by atoms with van der Waals surface area (Å²) in [6.45, 7) is 2.49. The van der Waals surface area contributed by atoms with Crippen molar-refractivity contribution in [2.24, 2.45) is 5.41 Å². The summed E-state index contributed by atoms with van der Waals surface area (Å²) >= 11 is 0. The van der Waals surface area contributed by atoms with Crippen molar-refractivity contribution in [3.8, 4) is 0 Å². The third kappa shape index (κ3) is 2.07. The van der Waals surface area contributed by atoms with Crippen molar-refractivity contribution in [2.45, 2.75) is 43.5 Å². The highest BCUT2D eigenvalue weighted by Crippen LogP contribution is 2.51. The molecule has 6 heteroatoms. The molecule has 1 aliphatic carbocycles. The van der Waals surface area contributed by atoms with Crippen molar-refractivity contribution >= 4 is 10.0 Å². The molecular formula is C13H17FN2O2S.